The van der Waals surface area contributed by atoms with Crippen molar-refractivity contribution in [2.45, 2.75) is 50.7 Å². The normalized spacial score (nSPS) is 23.4. The summed E-state index contributed by atoms with van der Waals surface area (Å²) >= 11 is 0. The van der Waals surface area contributed by atoms with Crippen LogP contribution in [-0.2, 0) is 4.74 Å². The summed E-state index contributed by atoms with van der Waals surface area (Å²) in [5.74, 6) is 3.73. The van der Waals surface area contributed by atoms with Gasteiger partial charge >= 0.3 is 0 Å². The molecule has 2 aliphatic rings. The standard InChI is InChI=1S/C16H22N6O2/c1-9-13(23-2)16(19-8-18-9)17-7-11-5-6-12(24-11)15-20-14(21-22-15)10-3-4-10/h8,10-12H,3-7H2,1-2H3,(H,17,18,19)(H,20,21,22)/t11-,12+/m1/s1. The molecule has 128 valence electrons. The number of hydrogen-bond acceptors (Lipinski definition) is 7. The predicted octanol–water partition coefficient (Wildman–Crippen LogP) is 2.12. The monoisotopic (exact) mass is 330 g/mol. The molecule has 1 saturated carbocycles. The zero-order valence-electron chi connectivity index (χ0n) is 14.0. The van der Waals surface area contributed by atoms with Gasteiger partial charge in [-0.25, -0.2) is 15.0 Å². The summed E-state index contributed by atoms with van der Waals surface area (Å²) in [5.41, 5.74) is 0.814. The van der Waals surface area contributed by atoms with E-state index in [1.807, 2.05) is 6.92 Å². The van der Waals surface area contributed by atoms with Crippen LogP contribution in [0.2, 0.25) is 0 Å². The van der Waals surface area contributed by atoms with Gasteiger partial charge in [-0.2, -0.15) is 5.10 Å². The predicted molar refractivity (Wildman–Crippen MR) is 87.0 cm³/mol. The molecule has 1 aliphatic carbocycles. The van der Waals surface area contributed by atoms with Crippen LogP contribution in [0.3, 0.4) is 0 Å². The fourth-order valence-corrected chi connectivity index (χ4v) is 3.06. The molecule has 2 fully saturated rings. The van der Waals surface area contributed by atoms with Gasteiger partial charge in [0.25, 0.3) is 0 Å². The van der Waals surface area contributed by atoms with E-state index in [1.165, 1.54) is 19.2 Å². The van der Waals surface area contributed by atoms with E-state index < -0.39 is 0 Å². The van der Waals surface area contributed by atoms with Gasteiger partial charge in [-0.3, -0.25) is 5.10 Å². The number of rotatable bonds is 6. The molecule has 2 atom stereocenters. The molecule has 0 amide bonds. The topological polar surface area (TPSA) is 97.8 Å². The fourth-order valence-electron chi connectivity index (χ4n) is 3.06. The van der Waals surface area contributed by atoms with Crippen molar-refractivity contribution in [1.29, 1.82) is 0 Å². The number of methoxy groups -OCH3 is 1. The first-order valence-electron chi connectivity index (χ1n) is 8.41. The van der Waals surface area contributed by atoms with Crippen LogP contribution in [0.15, 0.2) is 6.33 Å². The van der Waals surface area contributed by atoms with Crippen molar-refractivity contribution in [3.63, 3.8) is 0 Å². The lowest BCUT2D eigenvalue weighted by molar-refractivity contribution is 0.0471. The van der Waals surface area contributed by atoms with Crippen LogP contribution in [0.4, 0.5) is 5.82 Å². The van der Waals surface area contributed by atoms with Gasteiger partial charge in [0.05, 0.1) is 18.9 Å². The zero-order valence-corrected chi connectivity index (χ0v) is 14.0. The second-order valence-electron chi connectivity index (χ2n) is 6.40. The lowest BCUT2D eigenvalue weighted by Crippen LogP contribution is -2.20. The van der Waals surface area contributed by atoms with E-state index in [4.69, 9.17) is 9.47 Å². The summed E-state index contributed by atoms with van der Waals surface area (Å²) in [6, 6.07) is 0. The smallest absolute Gasteiger partial charge is 0.182 e. The molecular formula is C16H22N6O2. The Bertz CT molecular complexity index is 714. The first-order valence-corrected chi connectivity index (χ1v) is 8.41. The highest BCUT2D eigenvalue weighted by atomic mass is 16.5. The Balaban J connectivity index is 1.34. The van der Waals surface area contributed by atoms with Crippen molar-refractivity contribution < 1.29 is 9.47 Å². The minimum Gasteiger partial charge on any atom is -0.491 e. The lowest BCUT2D eigenvalue weighted by Gasteiger charge is -2.15. The highest BCUT2D eigenvalue weighted by Gasteiger charge is 2.32. The first-order chi connectivity index (χ1) is 11.7. The molecule has 0 bridgehead atoms. The van der Waals surface area contributed by atoms with Gasteiger partial charge in [0.15, 0.2) is 23.2 Å². The largest absolute Gasteiger partial charge is 0.491 e. The Morgan fingerprint density at radius 3 is 2.96 bits per heavy atom. The third-order valence-corrected chi connectivity index (χ3v) is 4.56. The maximum Gasteiger partial charge on any atom is 0.182 e. The van der Waals surface area contributed by atoms with Gasteiger partial charge in [0, 0.05) is 12.5 Å². The van der Waals surface area contributed by atoms with E-state index in [0.717, 1.165) is 30.2 Å². The van der Waals surface area contributed by atoms with Gasteiger partial charge in [-0.15, -0.1) is 0 Å². The third-order valence-electron chi connectivity index (χ3n) is 4.56. The number of anilines is 1. The molecule has 0 spiro atoms. The highest BCUT2D eigenvalue weighted by Crippen LogP contribution is 2.39. The van der Waals surface area contributed by atoms with E-state index >= 15 is 0 Å². The molecule has 0 unspecified atom stereocenters. The molecule has 2 N–H and O–H groups in total. The Kier molecular flexibility index (Phi) is 4.05. The molecule has 24 heavy (non-hydrogen) atoms. The Hall–Kier alpha value is -2.22. The minimum absolute atomic E-state index is 0.00540. The van der Waals surface area contributed by atoms with Crippen molar-refractivity contribution in [2.75, 3.05) is 19.0 Å². The minimum atomic E-state index is 0.00540. The highest BCUT2D eigenvalue weighted by molar-refractivity contribution is 5.51. The van der Waals surface area contributed by atoms with Crippen LogP contribution in [0.5, 0.6) is 5.75 Å². The van der Waals surface area contributed by atoms with Crippen LogP contribution >= 0.6 is 0 Å². The van der Waals surface area contributed by atoms with E-state index in [9.17, 15) is 0 Å². The molecule has 4 rings (SSSR count). The molecule has 8 nitrogen and oxygen atoms in total. The molecule has 1 saturated heterocycles. The lowest BCUT2D eigenvalue weighted by atomic mass is 10.2. The summed E-state index contributed by atoms with van der Waals surface area (Å²) < 4.78 is 11.5. The summed E-state index contributed by atoms with van der Waals surface area (Å²) in [4.78, 5) is 13.0. The second-order valence-corrected chi connectivity index (χ2v) is 6.40. The molecule has 2 aromatic rings. The van der Waals surface area contributed by atoms with Gasteiger partial charge in [0.2, 0.25) is 0 Å². The summed E-state index contributed by atoms with van der Waals surface area (Å²) in [6.07, 6.45) is 5.99. The fraction of sp³-hybridized carbons (Fsp3) is 0.625. The number of nitrogens with one attached hydrogen (secondary N) is 2. The Labute approximate surface area is 140 Å². The van der Waals surface area contributed by atoms with Crippen molar-refractivity contribution in [2.24, 2.45) is 0 Å². The summed E-state index contributed by atoms with van der Waals surface area (Å²) in [7, 11) is 1.63. The molecule has 2 aromatic heterocycles. The maximum absolute atomic E-state index is 6.11. The third kappa shape index (κ3) is 3.06. The number of H-pyrrole nitrogens is 1. The summed E-state index contributed by atoms with van der Waals surface area (Å²) in [6.45, 7) is 2.57. The SMILES string of the molecule is COc1c(C)ncnc1NC[C@H]1CC[C@@H](c2nc(C3CC3)n[nH]2)O1. The van der Waals surface area contributed by atoms with Crippen LogP contribution in [0, 0.1) is 6.92 Å². The van der Waals surface area contributed by atoms with Gasteiger partial charge < -0.3 is 14.8 Å². The molecule has 8 heteroatoms. The van der Waals surface area contributed by atoms with E-state index in [1.54, 1.807) is 7.11 Å². The molecule has 0 aromatic carbocycles. The van der Waals surface area contributed by atoms with Gasteiger partial charge in [-0.05, 0) is 32.6 Å². The van der Waals surface area contributed by atoms with Crippen LogP contribution < -0.4 is 10.1 Å². The molecular weight excluding hydrogens is 308 g/mol. The Morgan fingerprint density at radius 1 is 1.29 bits per heavy atom. The van der Waals surface area contributed by atoms with Gasteiger partial charge in [-0.1, -0.05) is 0 Å². The average molecular weight is 330 g/mol. The number of hydrogen-bond donors (Lipinski definition) is 2. The Morgan fingerprint density at radius 2 is 2.17 bits per heavy atom. The van der Waals surface area contributed by atoms with Crippen LogP contribution in [0.25, 0.3) is 0 Å². The zero-order chi connectivity index (χ0) is 16.5. The molecule has 3 heterocycles. The number of ether oxygens (including phenoxy) is 2. The second kappa shape index (κ2) is 6.35. The van der Waals surface area contributed by atoms with Crippen molar-refractivity contribution in [3.8, 4) is 5.75 Å². The van der Waals surface area contributed by atoms with Crippen molar-refractivity contribution >= 4 is 5.82 Å². The molecule has 1 aliphatic heterocycles. The average Bonchev–Trinajstić information content (AvgIpc) is 3.13. The van der Waals surface area contributed by atoms with Crippen molar-refractivity contribution in [3.05, 3.63) is 23.7 Å². The number of aromatic amines is 1. The van der Waals surface area contributed by atoms with Gasteiger partial charge in [0.1, 0.15) is 12.4 Å². The number of aromatic nitrogens is 5. The van der Waals surface area contributed by atoms with Crippen LogP contribution in [-0.4, -0.2) is 44.9 Å². The maximum atomic E-state index is 6.11. The number of aryl methyl sites for hydroxylation is 1. The van der Waals surface area contributed by atoms with Crippen molar-refractivity contribution in [1.82, 2.24) is 25.1 Å². The number of nitrogens with zero attached hydrogens (tertiary/aromatic N) is 4. The first kappa shape index (κ1) is 15.3. The van der Waals surface area contributed by atoms with E-state index in [2.05, 4.69) is 30.5 Å². The van der Waals surface area contributed by atoms with Crippen LogP contribution in [0.1, 0.15) is 55.0 Å². The molecule has 0 radical (unpaired) electrons. The van der Waals surface area contributed by atoms with E-state index in [-0.39, 0.29) is 12.2 Å². The summed E-state index contributed by atoms with van der Waals surface area (Å²) in [5, 5.41) is 10.7. The van der Waals surface area contributed by atoms with E-state index in [0.29, 0.717) is 24.0 Å². The quantitative estimate of drug-likeness (QED) is 0.837.